The fraction of sp³-hybridized carbons (Fsp3) is 0.556. The molecule has 2 N–H and O–H groups in total. The van der Waals surface area contributed by atoms with Crippen LogP contribution in [0.3, 0.4) is 0 Å². The van der Waals surface area contributed by atoms with Crippen LogP contribution in [0.1, 0.15) is 49.3 Å². The van der Waals surface area contributed by atoms with Gasteiger partial charge in [0.1, 0.15) is 0 Å². The van der Waals surface area contributed by atoms with Crippen molar-refractivity contribution in [1.82, 2.24) is 5.32 Å². The van der Waals surface area contributed by atoms with E-state index >= 15 is 0 Å². The highest BCUT2D eigenvalue weighted by atomic mass is 16.2. The molecule has 2 amide bonds. The van der Waals surface area contributed by atoms with Crippen LogP contribution in [0, 0.1) is 26.7 Å². The van der Waals surface area contributed by atoms with Crippen LogP contribution in [0.15, 0.2) is 12.1 Å². The SMILES string of the molecule is Cc1cc(C)c(NC(=O)C(=O)N[C@H]2CCCC[C@@H]2C)c(C)c1. The maximum absolute atomic E-state index is 12.2. The molecule has 2 rings (SSSR count). The van der Waals surface area contributed by atoms with Crippen molar-refractivity contribution in [1.29, 1.82) is 0 Å². The molecular weight excluding hydrogens is 276 g/mol. The van der Waals surface area contributed by atoms with Gasteiger partial charge in [0.25, 0.3) is 0 Å². The van der Waals surface area contributed by atoms with Gasteiger partial charge in [0, 0.05) is 11.7 Å². The fourth-order valence-corrected chi connectivity index (χ4v) is 3.31. The van der Waals surface area contributed by atoms with E-state index in [1.807, 2.05) is 32.9 Å². The van der Waals surface area contributed by atoms with Crippen LogP contribution in [-0.4, -0.2) is 17.9 Å². The largest absolute Gasteiger partial charge is 0.345 e. The Morgan fingerprint density at radius 3 is 2.18 bits per heavy atom. The molecule has 2 atom stereocenters. The van der Waals surface area contributed by atoms with Gasteiger partial charge in [-0.25, -0.2) is 0 Å². The number of hydrogen-bond donors (Lipinski definition) is 2. The second-order valence-corrected chi connectivity index (χ2v) is 6.57. The summed E-state index contributed by atoms with van der Waals surface area (Å²) in [5, 5.41) is 5.65. The van der Waals surface area contributed by atoms with Crippen LogP contribution in [0.4, 0.5) is 5.69 Å². The standard InChI is InChI=1S/C18H26N2O2/c1-11-9-13(3)16(14(4)10-11)20-18(22)17(21)19-15-8-6-5-7-12(15)2/h9-10,12,15H,5-8H2,1-4H3,(H,19,21)(H,20,22)/t12-,15-/m0/s1. The Bertz CT molecular complexity index is 557. The Hall–Kier alpha value is -1.84. The lowest BCUT2D eigenvalue weighted by atomic mass is 9.86. The van der Waals surface area contributed by atoms with Gasteiger partial charge in [0.05, 0.1) is 0 Å². The second kappa shape index (κ2) is 6.95. The molecule has 0 spiro atoms. The van der Waals surface area contributed by atoms with Gasteiger partial charge in [-0.15, -0.1) is 0 Å². The summed E-state index contributed by atoms with van der Waals surface area (Å²) >= 11 is 0. The maximum atomic E-state index is 12.2. The monoisotopic (exact) mass is 302 g/mol. The summed E-state index contributed by atoms with van der Waals surface area (Å²) in [6, 6.07) is 4.13. The van der Waals surface area contributed by atoms with Crippen LogP contribution in [0.5, 0.6) is 0 Å². The normalized spacial score (nSPS) is 21.3. The number of nitrogens with one attached hydrogen (secondary N) is 2. The third-order valence-corrected chi connectivity index (χ3v) is 4.55. The Kier molecular flexibility index (Phi) is 5.22. The zero-order valence-corrected chi connectivity index (χ0v) is 14.0. The number of rotatable bonds is 2. The van der Waals surface area contributed by atoms with E-state index in [1.165, 1.54) is 6.42 Å². The summed E-state index contributed by atoms with van der Waals surface area (Å²) in [6.45, 7) is 8.03. The maximum Gasteiger partial charge on any atom is 0.313 e. The van der Waals surface area contributed by atoms with Gasteiger partial charge in [-0.1, -0.05) is 37.5 Å². The van der Waals surface area contributed by atoms with Gasteiger partial charge in [0.2, 0.25) is 0 Å². The van der Waals surface area contributed by atoms with E-state index in [4.69, 9.17) is 0 Å². The summed E-state index contributed by atoms with van der Waals surface area (Å²) in [7, 11) is 0. The van der Waals surface area contributed by atoms with Crippen molar-refractivity contribution in [2.75, 3.05) is 5.32 Å². The Morgan fingerprint density at radius 2 is 1.59 bits per heavy atom. The first-order valence-corrected chi connectivity index (χ1v) is 8.08. The van der Waals surface area contributed by atoms with Gasteiger partial charge < -0.3 is 10.6 Å². The van der Waals surface area contributed by atoms with Crippen molar-refractivity contribution in [3.05, 3.63) is 28.8 Å². The highest BCUT2D eigenvalue weighted by molar-refractivity contribution is 6.39. The number of aryl methyl sites for hydroxylation is 3. The number of hydrogen-bond acceptors (Lipinski definition) is 2. The molecule has 1 aliphatic rings. The highest BCUT2D eigenvalue weighted by Gasteiger charge is 2.25. The molecule has 1 fully saturated rings. The minimum absolute atomic E-state index is 0.118. The van der Waals surface area contributed by atoms with Crippen LogP contribution >= 0.6 is 0 Å². The van der Waals surface area contributed by atoms with E-state index in [9.17, 15) is 9.59 Å². The molecule has 0 bridgehead atoms. The Morgan fingerprint density at radius 1 is 1.00 bits per heavy atom. The molecule has 0 saturated heterocycles. The lowest BCUT2D eigenvalue weighted by Gasteiger charge is -2.29. The quantitative estimate of drug-likeness (QED) is 0.824. The van der Waals surface area contributed by atoms with Crippen molar-refractivity contribution >= 4 is 17.5 Å². The summed E-state index contributed by atoms with van der Waals surface area (Å²) in [4.78, 5) is 24.3. The zero-order chi connectivity index (χ0) is 16.3. The fourth-order valence-electron chi connectivity index (χ4n) is 3.31. The predicted molar refractivity (Wildman–Crippen MR) is 88.8 cm³/mol. The van der Waals surface area contributed by atoms with Gasteiger partial charge in [-0.05, 0) is 50.7 Å². The third kappa shape index (κ3) is 3.87. The van der Waals surface area contributed by atoms with E-state index in [0.717, 1.165) is 41.6 Å². The average Bonchev–Trinajstić information content (AvgIpc) is 2.45. The summed E-state index contributed by atoms with van der Waals surface area (Å²) in [5.41, 5.74) is 3.84. The van der Waals surface area contributed by atoms with Gasteiger partial charge in [-0.2, -0.15) is 0 Å². The molecule has 4 nitrogen and oxygen atoms in total. The van der Waals surface area contributed by atoms with Crippen molar-refractivity contribution in [3.8, 4) is 0 Å². The molecule has 0 heterocycles. The molecule has 1 aromatic carbocycles. The molecule has 1 aromatic rings. The first-order chi connectivity index (χ1) is 10.4. The summed E-state index contributed by atoms with van der Waals surface area (Å²) in [6.07, 6.45) is 4.40. The van der Waals surface area contributed by atoms with Crippen molar-refractivity contribution in [2.45, 2.75) is 59.4 Å². The van der Waals surface area contributed by atoms with Crippen molar-refractivity contribution in [2.24, 2.45) is 5.92 Å². The first-order valence-electron chi connectivity index (χ1n) is 8.08. The zero-order valence-electron chi connectivity index (χ0n) is 14.0. The van der Waals surface area contributed by atoms with Crippen LogP contribution in [0.2, 0.25) is 0 Å². The minimum Gasteiger partial charge on any atom is -0.345 e. The lowest BCUT2D eigenvalue weighted by Crippen LogP contribution is -2.45. The van der Waals surface area contributed by atoms with Crippen molar-refractivity contribution in [3.63, 3.8) is 0 Å². The summed E-state index contributed by atoms with van der Waals surface area (Å²) < 4.78 is 0. The minimum atomic E-state index is -0.576. The molecule has 0 unspecified atom stereocenters. The Balaban J connectivity index is 2.01. The van der Waals surface area contributed by atoms with E-state index in [-0.39, 0.29) is 6.04 Å². The van der Waals surface area contributed by atoms with Crippen molar-refractivity contribution < 1.29 is 9.59 Å². The molecule has 0 aromatic heterocycles. The number of benzene rings is 1. The second-order valence-electron chi connectivity index (χ2n) is 6.57. The number of carbonyl (C=O) groups excluding carboxylic acids is 2. The highest BCUT2D eigenvalue weighted by Crippen LogP contribution is 2.24. The van der Waals surface area contributed by atoms with Crippen LogP contribution in [-0.2, 0) is 9.59 Å². The van der Waals surface area contributed by atoms with Crippen LogP contribution < -0.4 is 10.6 Å². The third-order valence-electron chi connectivity index (χ3n) is 4.55. The smallest absolute Gasteiger partial charge is 0.313 e. The molecule has 0 aliphatic heterocycles. The molecule has 0 radical (unpaired) electrons. The number of amides is 2. The van der Waals surface area contributed by atoms with Gasteiger partial charge in [0.15, 0.2) is 0 Å². The average molecular weight is 302 g/mol. The Labute approximate surface area is 132 Å². The van der Waals surface area contributed by atoms with Gasteiger partial charge >= 0.3 is 11.8 Å². The number of anilines is 1. The van der Waals surface area contributed by atoms with E-state index in [2.05, 4.69) is 17.6 Å². The molecular formula is C18H26N2O2. The van der Waals surface area contributed by atoms with Gasteiger partial charge in [-0.3, -0.25) is 9.59 Å². The topological polar surface area (TPSA) is 58.2 Å². The summed E-state index contributed by atoms with van der Waals surface area (Å²) in [5.74, 6) is -0.667. The molecule has 120 valence electrons. The first kappa shape index (κ1) is 16.5. The van der Waals surface area contributed by atoms with Crippen LogP contribution in [0.25, 0.3) is 0 Å². The molecule has 4 heteroatoms. The lowest BCUT2D eigenvalue weighted by molar-refractivity contribution is -0.137. The molecule has 1 aliphatic carbocycles. The van der Waals surface area contributed by atoms with E-state index in [1.54, 1.807) is 0 Å². The predicted octanol–water partition coefficient (Wildman–Crippen LogP) is 3.25. The molecule has 1 saturated carbocycles. The number of carbonyl (C=O) groups is 2. The molecule has 22 heavy (non-hydrogen) atoms. The van der Waals surface area contributed by atoms with E-state index in [0.29, 0.717) is 5.92 Å². The van der Waals surface area contributed by atoms with E-state index < -0.39 is 11.8 Å².